The normalized spacial score (nSPS) is 18.9. The highest BCUT2D eigenvalue weighted by Crippen LogP contribution is 2.16. The number of ether oxygens (including phenoxy) is 1. The van der Waals surface area contributed by atoms with Gasteiger partial charge in [-0.2, -0.15) is 0 Å². The standard InChI is InChI=1S/C13H28N2O/c1-15(2)10-12-16-11-9-14-13-7-5-3-4-6-8-13/h13-14H,3-12H2,1-2H3. The van der Waals surface area contributed by atoms with E-state index in [0.717, 1.165) is 32.3 Å². The van der Waals surface area contributed by atoms with E-state index < -0.39 is 0 Å². The van der Waals surface area contributed by atoms with Crippen LogP contribution in [0.3, 0.4) is 0 Å². The molecule has 0 bridgehead atoms. The van der Waals surface area contributed by atoms with Crippen LogP contribution in [0.4, 0.5) is 0 Å². The zero-order valence-electron chi connectivity index (χ0n) is 11.0. The summed E-state index contributed by atoms with van der Waals surface area (Å²) in [4.78, 5) is 2.15. The van der Waals surface area contributed by atoms with Gasteiger partial charge in [0, 0.05) is 19.1 Å². The summed E-state index contributed by atoms with van der Waals surface area (Å²) in [5, 5.41) is 3.61. The molecule has 0 aromatic carbocycles. The lowest BCUT2D eigenvalue weighted by Crippen LogP contribution is -2.32. The van der Waals surface area contributed by atoms with Crippen molar-refractivity contribution in [1.82, 2.24) is 10.2 Å². The van der Waals surface area contributed by atoms with E-state index in [2.05, 4.69) is 24.3 Å². The number of rotatable bonds is 7. The lowest BCUT2D eigenvalue weighted by molar-refractivity contribution is 0.117. The van der Waals surface area contributed by atoms with Gasteiger partial charge in [0.25, 0.3) is 0 Å². The van der Waals surface area contributed by atoms with Crippen molar-refractivity contribution < 1.29 is 4.74 Å². The highest BCUT2D eigenvalue weighted by molar-refractivity contribution is 4.70. The van der Waals surface area contributed by atoms with Crippen molar-refractivity contribution in [1.29, 1.82) is 0 Å². The third-order valence-corrected chi connectivity index (χ3v) is 3.22. The van der Waals surface area contributed by atoms with E-state index in [9.17, 15) is 0 Å². The van der Waals surface area contributed by atoms with Crippen LogP contribution < -0.4 is 5.32 Å². The van der Waals surface area contributed by atoms with E-state index in [1.54, 1.807) is 0 Å². The Morgan fingerprint density at radius 2 is 1.75 bits per heavy atom. The Morgan fingerprint density at radius 3 is 2.38 bits per heavy atom. The monoisotopic (exact) mass is 228 g/mol. The Morgan fingerprint density at radius 1 is 1.06 bits per heavy atom. The predicted octanol–water partition coefficient (Wildman–Crippen LogP) is 1.88. The summed E-state index contributed by atoms with van der Waals surface area (Å²) in [6.07, 6.45) is 8.38. The molecule has 0 spiro atoms. The number of nitrogens with one attached hydrogen (secondary N) is 1. The summed E-state index contributed by atoms with van der Waals surface area (Å²) < 4.78 is 5.56. The Hall–Kier alpha value is -0.120. The molecule has 96 valence electrons. The third kappa shape index (κ3) is 7.20. The minimum Gasteiger partial charge on any atom is -0.379 e. The summed E-state index contributed by atoms with van der Waals surface area (Å²) in [5.41, 5.74) is 0. The number of hydrogen-bond donors (Lipinski definition) is 1. The molecular formula is C13H28N2O. The second kappa shape index (κ2) is 8.97. The molecule has 3 nitrogen and oxygen atoms in total. The summed E-state index contributed by atoms with van der Waals surface area (Å²) in [5.74, 6) is 0. The number of hydrogen-bond acceptors (Lipinski definition) is 3. The molecule has 3 heteroatoms. The fourth-order valence-corrected chi connectivity index (χ4v) is 2.17. The SMILES string of the molecule is CN(C)CCOCCNC1CCCCCC1. The van der Waals surface area contributed by atoms with Crippen LogP contribution in [0.25, 0.3) is 0 Å². The Balaban J connectivity index is 1.89. The second-order valence-electron chi connectivity index (χ2n) is 5.06. The number of nitrogens with zero attached hydrogens (tertiary/aromatic N) is 1. The van der Waals surface area contributed by atoms with Gasteiger partial charge in [-0.3, -0.25) is 0 Å². The molecule has 1 fully saturated rings. The summed E-state index contributed by atoms with van der Waals surface area (Å²) in [6.45, 7) is 3.73. The minimum atomic E-state index is 0.750. The zero-order valence-corrected chi connectivity index (χ0v) is 11.0. The van der Waals surface area contributed by atoms with Crippen molar-refractivity contribution in [2.24, 2.45) is 0 Å². The van der Waals surface area contributed by atoms with Gasteiger partial charge in [-0.15, -0.1) is 0 Å². The molecule has 0 aromatic rings. The average molecular weight is 228 g/mol. The van der Waals surface area contributed by atoms with Crippen LogP contribution in [0, 0.1) is 0 Å². The van der Waals surface area contributed by atoms with E-state index >= 15 is 0 Å². The Kier molecular flexibility index (Phi) is 7.81. The van der Waals surface area contributed by atoms with Crippen LogP contribution in [-0.2, 0) is 4.74 Å². The fourth-order valence-electron chi connectivity index (χ4n) is 2.17. The van der Waals surface area contributed by atoms with Gasteiger partial charge in [0.1, 0.15) is 0 Å². The van der Waals surface area contributed by atoms with Crippen molar-refractivity contribution in [3.8, 4) is 0 Å². The van der Waals surface area contributed by atoms with Gasteiger partial charge in [0.15, 0.2) is 0 Å². The molecule has 0 heterocycles. The zero-order chi connectivity index (χ0) is 11.6. The first-order chi connectivity index (χ1) is 7.79. The van der Waals surface area contributed by atoms with Crippen molar-refractivity contribution in [3.05, 3.63) is 0 Å². The molecule has 0 amide bonds. The first kappa shape index (κ1) is 13.9. The van der Waals surface area contributed by atoms with Gasteiger partial charge < -0.3 is 15.0 Å². The third-order valence-electron chi connectivity index (χ3n) is 3.22. The van der Waals surface area contributed by atoms with Gasteiger partial charge in [0.05, 0.1) is 13.2 Å². The Bertz CT molecular complexity index is 154. The maximum absolute atomic E-state index is 5.56. The topological polar surface area (TPSA) is 24.5 Å². The Labute approximate surface area is 101 Å². The van der Waals surface area contributed by atoms with Crippen molar-refractivity contribution in [2.75, 3.05) is 40.4 Å². The highest BCUT2D eigenvalue weighted by atomic mass is 16.5. The van der Waals surface area contributed by atoms with Crippen LogP contribution >= 0.6 is 0 Å². The maximum atomic E-state index is 5.56. The summed E-state index contributed by atoms with van der Waals surface area (Å²) in [7, 11) is 4.15. The van der Waals surface area contributed by atoms with Gasteiger partial charge in [-0.05, 0) is 26.9 Å². The molecule has 1 aliphatic carbocycles. The molecule has 0 aromatic heterocycles. The largest absolute Gasteiger partial charge is 0.379 e. The van der Waals surface area contributed by atoms with Crippen LogP contribution in [0.2, 0.25) is 0 Å². The molecule has 1 aliphatic rings. The van der Waals surface area contributed by atoms with Gasteiger partial charge in [0.2, 0.25) is 0 Å². The maximum Gasteiger partial charge on any atom is 0.0593 e. The van der Waals surface area contributed by atoms with Gasteiger partial charge in [-0.25, -0.2) is 0 Å². The molecule has 1 rings (SSSR count). The van der Waals surface area contributed by atoms with Crippen LogP contribution in [0.1, 0.15) is 38.5 Å². The van der Waals surface area contributed by atoms with Crippen molar-refractivity contribution in [2.45, 2.75) is 44.6 Å². The lowest BCUT2D eigenvalue weighted by Gasteiger charge is -2.16. The van der Waals surface area contributed by atoms with E-state index in [1.165, 1.54) is 38.5 Å². The van der Waals surface area contributed by atoms with Crippen LogP contribution in [0.5, 0.6) is 0 Å². The van der Waals surface area contributed by atoms with E-state index in [1.807, 2.05) is 0 Å². The quantitative estimate of drug-likeness (QED) is 0.532. The summed E-state index contributed by atoms with van der Waals surface area (Å²) in [6, 6.07) is 0.750. The van der Waals surface area contributed by atoms with E-state index in [-0.39, 0.29) is 0 Å². The molecule has 1 N–H and O–H groups in total. The predicted molar refractivity (Wildman–Crippen MR) is 68.9 cm³/mol. The van der Waals surface area contributed by atoms with E-state index in [0.29, 0.717) is 0 Å². The smallest absolute Gasteiger partial charge is 0.0593 e. The molecule has 0 atom stereocenters. The fraction of sp³-hybridized carbons (Fsp3) is 1.00. The molecular weight excluding hydrogens is 200 g/mol. The molecule has 0 radical (unpaired) electrons. The highest BCUT2D eigenvalue weighted by Gasteiger charge is 2.10. The first-order valence-corrected chi connectivity index (χ1v) is 6.75. The van der Waals surface area contributed by atoms with Crippen LogP contribution in [0.15, 0.2) is 0 Å². The van der Waals surface area contributed by atoms with E-state index in [4.69, 9.17) is 4.74 Å². The molecule has 1 saturated carbocycles. The minimum absolute atomic E-state index is 0.750. The average Bonchev–Trinajstić information content (AvgIpc) is 2.51. The van der Waals surface area contributed by atoms with Gasteiger partial charge >= 0.3 is 0 Å². The molecule has 0 unspecified atom stereocenters. The number of likely N-dealkylation sites (N-methyl/N-ethyl adjacent to an activating group) is 1. The molecule has 0 saturated heterocycles. The lowest BCUT2D eigenvalue weighted by atomic mass is 10.1. The first-order valence-electron chi connectivity index (χ1n) is 6.75. The summed E-state index contributed by atoms with van der Waals surface area (Å²) >= 11 is 0. The van der Waals surface area contributed by atoms with Crippen molar-refractivity contribution >= 4 is 0 Å². The van der Waals surface area contributed by atoms with Crippen molar-refractivity contribution in [3.63, 3.8) is 0 Å². The molecule has 16 heavy (non-hydrogen) atoms. The van der Waals surface area contributed by atoms with Gasteiger partial charge in [-0.1, -0.05) is 25.7 Å². The second-order valence-corrected chi connectivity index (χ2v) is 5.06. The van der Waals surface area contributed by atoms with Crippen LogP contribution in [-0.4, -0.2) is 51.3 Å². The molecule has 0 aliphatic heterocycles.